The lowest BCUT2D eigenvalue weighted by Crippen LogP contribution is -2.40. The second-order valence-electron chi connectivity index (χ2n) is 8.08. The highest BCUT2D eigenvalue weighted by Gasteiger charge is 2.36. The molecule has 1 nitrogen and oxygen atoms in total. The molecule has 1 saturated carbocycles. The summed E-state index contributed by atoms with van der Waals surface area (Å²) in [6, 6.07) is 9.38. The van der Waals surface area contributed by atoms with Gasteiger partial charge in [0, 0.05) is 16.7 Å². The van der Waals surface area contributed by atoms with E-state index in [1.54, 1.807) is 5.56 Å². The molecule has 1 fully saturated rings. The fraction of sp³-hybridized carbons (Fsp3) is 0.684. The van der Waals surface area contributed by atoms with E-state index in [4.69, 9.17) is 5.73 Å². The maximum Gasteiger partial charge on any atom is 0.0107 e. The lowest BCUT2D eigenvalue weighted by Gasteiger charge is -2.41. The molecule has 0 bridgehead atoms. The summed E-state index contributed by atoms with van der Waals surface area (Å²) < 4.78 is 0. The highest BCUT2D eigenvalue weighted by molar-refractivity contribution is 7.99. The Hall–Kier alpha value is -0.470. The third-order valence-corrected chi connectivity index (χ3v) is 6.90. The summed E-state index contributed by atoms with van der Waals surface area (Å²) in [5, 5.41) is 0. The SMILES string of the molecule is CC(C)(C)C1CCC(N)C(CC2CSc3ccccc32)C1. The van der Waals surface area contributed by atoms with Gasteiger partial charge in [-0.15, -0.1) is 11.8 Å². The van der Waals surface area contributed by atoms with E-state index in [0.717, 1.165) is 11.8 Å². The largest absolute Gasteiger partial charge is 0.327 e. The van der Waals surface area contributed by atoms with Crippen molar-refractivity contribution in [3.05, 3.63) is 29.8 Å². The Labute approximate surface area is 134 Å². The number of rotatable bonds is 2. The Morgan fingerprint density at radius 1 is 1.19 bits per heavy atom. The molecule has 2 N–H and O–H groups in total. The minimum Gasteiger partial charge on any atom is -0.327 e. The van der Waals surface area contributed by atoms with Crippen LogP contribution in [0.3, 0.4) is 0 Å². The number of thioether (sulfide) groups is 1. The van der Waals surface area contributed by atoms with Gasteiger partial charge < -0.3 is 5.73 Å². The summed E-state index contributed by atoms with van der Waals surface area (Å²) in [4.78, 5) is 1.50. The van der Waals surface area contributed by atoms with Gasteiger partial charge in [0.25, 0.3) is 0 Å². The van der Waals surface area contributed by atoms with E-state index in [1.807, 2.05) is 11.8 Å². The van der Waals surface area contributed by atoms with Gasteiger partial charge in [0.2, 0.25) is 0 Å². The van der Waals surface area contributed by atoms with Crippen LogP contribution in [0.15, 0.2) is 29.2 Å². The number of nitrogens with two attached hydrogens (primary N) is 1. The van der Waals surface area contributed by atoms with Gasteiger partial charge in [-0.1, -0.05) is 39.0 Å². The summed E-state index contributed by atoms with van der Waals surface area (Å²) in [5.41, 5.74) is 8.48. The normalized spacial score (nSPS) is 33.0. The van der Waals surface area contributed by atoms with Gasteiger partial charge in [-0.2, -0.15) is 0 Å². The predicted octanol–water partition coefficient (Wildman–Crippen LogP) is 5.06. The van der Waals surface area contributed by atoms with Crippen LogP contribution in [0, 0.1) is 17.3 Å². The smallest absolute Gasteiger partial charge is 0.0107 e. The lowest BCUT2D eigenvalue weighted by molar-refractivity contribution is 0.120. The molecule has 0 saturated heterocycles. The van der Waals surface area contributed by atoms with Gasteiger partial charge in [-0.05, 0) is 60.5 Å². The van der Waals surface area contributed by atoms with Crippen molar-refractivity contribution in [3.8, 4) is 0 Å². The minimum absolute atomic E-state index is 0.418. The molecule has 1 aliphatic carbocycles. The summed E-state index contributed by atoms with van der Waals surface area (Å²) in [5.74, 6) is 3.52. The zero-order valence-electron chi connectivity index (χ0n) is 13.6. The Morgan fingerprint density at radius 2 is 1.95 bits per heavy atom. The van der Waals surface area contributed by atoms with Crippen LogP contribution in [-0.4, -0.2) is 11.8 Å². The summed E-state index contributed by atoms with van der Waals surface area (Å²) in [7, 11) is 0. The second-order valence-corrected chi connectivity index (χ2v) is 9.14. The molecule has 0 amide bonds. The van der Waals surface area contributed by atoms with Crippen molar-refractivity contribution in [1.29, 1.82) is 0 Å². The second kappa shape index (κ2) is 5.96. The Kier molecular flexibility index (Phi) is 4.38. The van der Waals surface area contributed by atoms with Crippen LogP contribution in [0.5, 0.6) is 0 Å². The van der Waals surface area contributed by atoms with Crippen molar-refractivity contribution in [3.63, 3.8) is 0 Å². The summed E-state index contributed by atoms with van der Waals surface area (Å²) >= 11 is 2.03. The molecule has 2 aliphatic rings. The first-order chi connectivity index (χ1) is 9.95. The fourth-order valence-corrected chi connectivity index (χ4v) is 5.41. The first-order valence-electron chi connectivity index (χ1n) is 8.42. The first kappa shape index (κ1) is 15.4. The first-order valence-corrected chi connectivity index (χ1v) is 9.41. The van der Waals surface area contributed by atoms with E-state index in [2.05, 4.69) is 45.0 Å². The van der Waals surface area contributed by atoms with Crippen molar-refractivity contribution >= 4 is 11.8 Å². The van der Waals surface area contributed by atoms with E-state index in [9.17, 15) is 0 Å². The molecular weight excluding hydrogens is 274 g/mol. The van der Waals surface area contributed by atoms with Crippen LogP contribution in [0.1, 0.15) is 57.9 Å². The molecular formula is C19H29NS. The molecule has 21 heavy (non-hydrogen) atoms. The minimum atomic E-state index is 0.418. The molecule has 2 heteroatoms. The molecule has 4 unspecified atom stereocenters. The fourth-order valence-electron chi connectivity index (χ4n) is 4.13. The third kappa shape index (κ3) is 3.32. The molecule has 0 spiro atoms. The van der Waals surface area contributed by atoms with Crippen molar-refractivity contribution in [1.82, 2.24) is 0 Å². The molecule has 4 atom stereocenters. The van der Waals surface area contributed by atoms with Gasteiger partial charge in [0.1, 0.15) is 0 Å². The number of hydrogen-bond donors (Lipinski definition) is 1. The van der Waals surface area contributed by atoms with E-state index in [-0.39, 0.29) is 0 Å². The molecule has 1 aromatic rings. The molecule has 116 valence electrons. The maximum absolute atomic E-state index is 6.48. The predicted molar refractivity (Wildman–Crippen MR) is 92.8 cm³/mol. The van der Waals surface area contributed by atoms with Crippen LogP contribution >= 0.6 is 11.8 Å². The van der Waals surface area contributed by atoms with Crippen molar-refractivity contribution < 1.29 is 0 Å². The van der Waals surface area contributed by atoms with E-state index < -0.39 is 0 Å². The maximum atomic E-state index is 6.48. The third-order valence-electron chi connectivity index (χ3n) is 5.65. The Bertz CT molecular complexity index is 491. The number of hydrogen-bond acceptors (Lipinski definition) is 2. The van der Waals surface area contributed by atoms with Crippen molar-refractivity contribution in [2.75, 3.05) is 5.75 Å². The molecule has 3 rings (SSSR count). The van der Waals surface area contributed by atoms with E-state index >= 15 is 0 Å². The average Bonchev–Trinajstić information content (AvgIpc) is 2.83. The highest BCUT2D eigenvalue weighted by Crippen LogP contribution is 2.47. The highest BCUT2D eigenvalue weighted by atomic mass is 32.2. The lowest BCUT2D eigenvalue weighted by atomic mass is 9.66. The van der Waals surface area contributed by atoms with E-state index in [1.165, 1.54) is 36.3 Å². The van der Waals surface area contributed by atoms with Gasteiger partial charge >= 0.3 is 0 Å². The van der Waals surface area contributed by atoms with Gasteiger partial charge in [0.15, 0.2) is 0 Å². The average molecular weight is 304 g/mol. The zero-order valence-corrected chi connectivity index (χ0v) is 14.5. The van der Waals surface area contributed by atoms with Gasteiger partial charge in [-0.3, -0.25) is 0 Å². The Morgan fingerprint density at radius 3 is 2.71 bits per heavy atom. The number of fused-ring (bicyclic) bond motifs is 1. The topological polar surface area (TPSA) is 26.0 Å². The number of benzene rings is 1. The van der Waals surface area contributed by atoms with Crippen LogP contribution in [-0.2, 0) is 0 Å². The van der Waals surface area contributed by atoms with Crippen LogP contribution in [0.25, 0.3) is 0 Å². The van der Waals surface area contributed by atoms with Gasteiger partial charge in [-0.25, -0.2) is 0 Å². The molecule has 0 aromatic heterocycles. The van der Waals surface area contributed by atoms with Crippen LogP contribution in [0.2, 0.25) is 0 Å². The van der Waals surface area contributed by atoms with Crippen molar-refractivity contribution in [2.24, 2.45) is 23.0 Å². The summed E-state index contributed by atoms with van der Waals surface area (Å²) in [6.07, 6.45) is 5.15. The Balaban J connectivity index is 1.69. The standard InChI is InChI=1S/C19H29NS/c1-19(2,3)15-8-9-17(20)13(11-15)10-14-12-21-18-7-5-4-6-16(14)18/h4-7,13-15,17H,8-12,20H2,1-3H3. The molecule has 1 heterocycles. The van der Waals surface area contributed by atoms with E-state index in [0.29, 0.717) is 17.4 Å². The zero-order chi connectivity index (χ0) is 15.0. The molecule has 1 aromatic carbocycles. The van der Waals surface area contributed by atoms with Gasteiger partial charge in [0.05, 0.1) is 0 Å². The molecule has 0 radical (unpaired) electrons. The van der Waals surface area contributed by atoms with Crippen LogP contribution < -0.4 is 5.73 Å². The molecule has 1 aliphatic heterocycles. The monoisotopic (exact) mass is 303 g/mol. The van der Waals surface area contributed by atoms with Crippen LogP contribution in [0.4, 0.5) is 0 Å². The summed E-state index contributed by atoms with van der Waals surface area (Å²) in [6.45, 7) is 7.19. The van der Waals surface area contributed by atoms with Crippen molar-refractivity contribution in [2.45, 2.75) is 63.3 Å². The quantitative estimate of drug-likeness (QED) is 0.827.